The van der Waals surface area contributed by atoms with Gasteiger partial charge >= 0.3 is 0 Å². The molecule has 0 spiro atoms. The normalized spacial score (nSPS) is 10.5. The zero-order valence-electron chi connectivity index (χ0n) is 14.5. The van der Waals surface area contributed by atoms with Gasteiger partial charge in [-0.25, -0.2) is 0 Å². The van der Waals surface area contributed by atoms with Gasteiger partial charge in [-0.15, -0.1) is 11.3 Å². The van der Waals surface area contributed by atoms with Crippen LogP contribution in [0, 0.1) is 0 Å². The molecule has 0 bridgehead atoms. The first-order valence-electron chi connectivity index (χ1n) is 8.63. The average molecular weight is 368 g/mol. The summed E-state index contributed by atoms with van der Waals surface area (Å²) in [5.74, 6) is -0.128. The first-order chi connectivity index (χ1) is 13.2. The largest absolute Gasteiger partial charge is 0.288 e. The molecule has 1 heterocycles. The summed E-state index contributed by atoms with van der Waals surface area (Å²) in [6.07, 6.45) is 0. The third kappa shape index (κ3) is 3.50. The molecule has 0 amide bonds. The summed E-state index contributed by atoms with van der Waals surface area (Å²) in [6.45, 7) is 0. The van der Waals surface area contributed by atoms with Gasteiger partial charge in [0.2, 0.25) is 11.6 Å². The van der Waals surface area contributed by atoms with Crippen molar-refractivity contribution in [3.63, 3.8) is 0 Å². The molecule has 0 radical (unpaired) electrons. The number of carbonyl (C=O) groups excluding carboxylic acids is 2. The lowest BCUT2D eigenvalue weighted by Gasteiger charge is -2.03. The number of thiophene rings is 1. The second kappa shape index (κ2) is 7.52. The van der Waals surface area contributed by atoms with Gasteiger partial charge in [-0.05, 0) is 11.6 Å². The van der Waals surface area contributed by atoms with E-state index in [1.807, 2.05) is 72.8 Å². The Morgan fingerprint density at radius 1 is 0.593 bits per heavy atom. The fraction of sp³-hybridized carbons (Fsp3) is 0. The van der Waals surface area contributed by atoms with Crippen molar-refractivity contribution >= 4 is 22.9 Å². The van der Waals surface area contributed by atoms with Gasteiger partial charge in [0.25, 0.3) is 0 Å². The van der Waals surface area contributed by atoms with E-state index in [2.05, 4.69) is 0 Å². The maximum atomic E-state index is 13.1. The highest BCUT2D eigenvalue weighted by molar-refractivity contribution is 7.17. The van der Waals surface area contributed by atoms with E-state index in [1.165, 1.54) is 11.3 Å². The molecular formula is C24H16O2S. The standard InChI is InChI=1S/C24H16O2S/c25-22(18-12-6-2-7-13-18)21-16-20(17-10-4-1-5-11-17)24(27-21)23(26)19-14-8-3-9-15-19/h1-16H. The van der Waals surface area contributed by atoms with Crippen LogP contribution in [0.1, 0.15) is 30.5 Å². The van der Waals surface area contributed by atoms with Gasteiger partial charge in [-0.2, -0.15) is 0 Å². The fourth-order valence-electron chi connectivity index (χ4n) is 2.96. The van der Waals surface area contributed by atoms with Crippen molar-refractivity contribution in [2.24, 2.45) is 0 Å². The summed E-state index contributed by atoms with van der Waals surface area (Å²) < 4.78 is 0. The average Bonchev–Trinajstić information content (AvgIpc) is 3.20. The molecule has 130 valence electrons. The van der Waals surface area contributed by atoms with Crippen LogP contribution in [0.25, 0.3) is 11.1 Å². The van der Waals surface area contributed by atoms with Crippen LogP contribution >= 0.6 is 11.3 Å². The number of hydrogen-bond acceptors (Lipinski definition) is 3. The predicted octanol–water partition coefficient (Wildman–Crippen LogP) is 5.88. The molecule has 3 heteroatoms. The lowest BCUT2D eigenvalue weighted by atomic mass is 10.0. The minimum Gasteiger partial charge on any atom is -0.288 e. The third-order valence-electron chi connectivity index (χ3n) is 4.32. The lowest BCUT2D eigenvalue weighted by Crippen LogP contribution is -2.00. The van der Waals surface area contributed by atoms with Crippen LogP contribution in [0.4, 0.5) is 0 Å². The Morgan fingerprint density at radius 2 is 1.07 bits per heavy atom. The summed E-state index contributed by atoms with van der Waals surface area (Å²) >= 11 is 1.26. The molecule has 0 fully saturated rings. The van der Waals surface area contributed by atoms with Gasteiger partial charge in [0, 0.05) is 16.7 Å². The molecule has 0 saturated heterocycles. The molecule has 4 aromatic rings. The van der Waals surface area contributed by atoms with E-state index >= 15 is 0 Å². The molecule has 0 aliphatic carbocycles. The van der Waals surface area contributed by atoms with Gasteiger partial charge < -0.3 is 0 Å². The van der Waals surface area contributed by atoms with Gasteiger partial charge in [-0.1, -0.05) is 91.0 Å². The van der Waals surface area contributed by atoms with Crippen molar-refractivity contribution in [2.75, 3.05) is 0 Å². The predicted molar refractivity (Wildman–Crippen MR) is 110 cm³/mol. The van der Waals surface area contributed by atoms with Crippen molar-refractivity contribution in [3.05, 3.63) is 118 Å². The van der Waals surface area contributed by atoms with Gasteiger partial charge in [0.05, 0.1) is 9.75 Å². The first-order valence-corrected chi connectivity index (χ1v) is 9.44. The quantitative estimate of drug-likeness (QED) is 0.412. The summed E-state index contributed by atoms with van der Waals surface area (Å²) in [4.78, 5) is 27.2. The highest BCUT2D eigenvalue weighted by Crippen LogP contribution is 2.34. The number of hydrogen-bond donors (Lipinski definition) is 0. The van der Waals surface area contributed by atoms with Crippen molar-refractivity contribution in [1.29, 1.82) is 0 Å². The van der Waals surface area contributed by atoms with Crippen molar-refractivity contribution in [2.45, 2.75) is 0 Å². The molecule has 0 aliphatic heterocycles. The Kier molecular flexibility index (Phi) is 4.77. The SMILES string of the molecule is O=C(c1ccccc1)c1cc(-c2ccccc2)c(C(=O)c2ccccc2)s1. The van der Waals surface area contributed by atoms with Crippen LogP contribution in [0.15, 0.2) is 97.1 Å². The Labute approximate surface area is 161 Å². The zero-order chi connectivity index (χ0) is 18.6. The summed E-state index contributed by atoms with van der Waals surface area (Å²) in [7, 11) is 0. The first kappa shape index (κ1) is 17.1. The Balaban J connectivity index is 1.83. The molecule has 0 atom stereocenters. The van der Waals surface area contributed by atoms with Crippen LogP contribution in [0.2, 0.25) is 0 Å². The van der Waals surface area contributed by atoms with E-state index in [9.17, 15) is 9.59 Å². The maximum absolute atomic E-state index is 13.1. The van der Waals surface area contributed by atoms with Gasteiger partial charge in [-0.3, -0.25) is 9.59 Å². The highest BCUT2D eigenvalue weighted by Gasteiger charge is 2.22. The minimum absolute atomic E-state index is 0.0634. The fourth-order valence-corrected chi connectivity index (χ4v) is 4.06. The molecule has 4 rings (SSSR count). The van der Waals surface area contributed by atoms with Crippen LogP contribution in [-0.2, 0) is 0 Å². The second-order valence-electron chi connectivity index (χ2n) is 6.11. The van der Waals surface area contributed by atoms with E-state index in [4.69, 9.17) is 0 Å². The molecule has 0 aliphatic rings. The Hall–Kier alpha value is -3.30. The molecular weight excluding hydrogens is 352 g/mol. The minimum atomic E-state index is -0.0649. The highest BCUT2D eigenvalue weighted by atomic mass is 32.1. The Morgan fingerprint density at radius 3 is 1.63 bits per heavy atom. The number of ketones is 2. The maximum Gasteiger partial charge on any atom is 0.203 e. The van der Waals surface area contributed by atoms with Gasteiger partial charge in [0.1, 0.15) is 0 Å². The molecule has 0 unspecified atom stereocenters. The molecule has 0 saturated carbocycles. The van der Waals surface area contributed by atoms with Crippen LogP contribution in [0.3, 0.4) is 0 Å². The summed E-state index contributed by atoms with van der Waals surface area (Å²) in [5, 5.41) is 0. The number of benzene rings is 3. The lowest BCUT2D eigenvalue weighted by molar-refractivity contribution is 0.103. The molecule has 3 aromatic carbocycles. The number of rotatable bonds is 5. The topological polar surface area (TPSA) is 34.1 Å². The monoisotopic (exact) mass is 368 g/mol. The van der Waals surface area contributed by atoms with E-state index in [-0.39, 0.29) is 11.6 Å². The molecule has 2 nitrogen and oxygen atoms in total. The molecule has 0 N–H and O–H groups in total. The zero-order valence-corrected chi connectivity index (χ0v) is 15.3. The van der Waals surface area contributed by atoms with Crippen molar-refractivity contribution < 1.29 is 9.59 Å². The second-order valence-corrected chi connectivity index (χ2v) is 7.16. The molecule has 1 aromatic heterocycles. The summed E-state index contributed by atoms with van der Waals surface area (Å²) in [5.41, 5.74) is 2.97. The van der Waals surface area contributed by atoms with Crippen molar-refractivity contribution in [3.8, 4) is 11.1 Å². The molecule has 27 heavy (non-hydrogen) atoms. The van der Waals surface area contributed by atoms with E-state index in [0.29, 0.717) is 20.9 Å². The van der Waals surface area contributed by atoms with E-state index < -0.39 is 0 Å². The van der Waals surface area contributed by atoms with Gasteiger partial charge in [0.15, 0.2) is 0 Å². The Bertz CT molecular complexity index is 1080. The smallest absolute Gasteiger partial charge is 0.203 e. The van der Waals surface area contributed by atoms with E-state index in [1.54, 1.807) is 24.3 Å². The van der Waals surface area contributed by atoms with Crippen LogP contribution in [0.5, 0.6) is 0 Å². The van der Waals surface area contributed by atoms with Crippen molar-refractivity contribution in [1.82, 2.24) is 0 Å². The number of carbonyl (C=O) groups is 2. The van der Waals surface area contributed by atoms with E-state index in [0.717, 1.165) is 11.1 Å². The summed E-state index contributed by atoms with van der Waals surface area (Å²) in [6, 6.07) is 29.9. The van der Waals surface area contributed by atoms with Crippen LogP contribution in [-0.4, -0.2) is 11.6 Å². The third-order valence-corrected chi connectivity index (χ3v) is 5.45. The van der Waals surface area contributed by atoms with Crippen LogP contribution < -0.4 is 0 Å².